The van der Waals surface area contributed by atoms with E-state index in [9.17, 15) is 0 Å². The fourth-order valence-electron chi connectivity index (χ4n) is 3.02. The third kappa shape index (κ3) is 4.26. The van der Waals surface area contributed by atoms with Crippen molar-refractivity contribution >= 4 is 29.4 Å². The van der Waals surface area contributed by atoms with Crippen LogP contribution in [0, 0.1) is 5.41 Å². The van der Waals surface area contributed by atoms with E-state index in [1.165, 1.54) is 11.9 Å². The molecule has 4 rings (SSSR count). The summed E-state index contributed by atoms with van der Waals surface area (Å²) in [6.07, 6.45) is 6.24. The molecular formula is C19H22N8O. The van der Waals surface area contributed by atoms with Crippen molar-refractivity contribution in [1.29, 1.82) is 5.41 Å². The highest BCUT2D eigenvalue weighted by Gasteiger charge is 2.12. The van der Waals surface area contributed by atoms with Crippen LogP contribution in [0.4, 0.5) is 23.1 Å². The number of ether oxygens (including phenoxy) is 1. The zero-order chi connectivity index (χ0) is 19.2. The number of aromatic amines is 1. The largest absolute Gasteiger partial charge is 0.378 e. The molecule has 1 aromatic carbocycles. The van der Waals surface area contributed by atoms with Crippen molar-refractivity contribution in [3.63, 3.8) is 0 Å². The summed E-state index contributed by atoms with van der Waals surface area (Å²) >= 11 is 0. The molecule has 0 atom stereocenters. The fourth-order valence-corrected chi connectivity index (χ4v) is 3.02. The summed E-state index contributed by atoms with van der Waals surface area (Å²) in [6.45, 7) is 3.94. The average molecular weight is 378 g/mol. The number of hydrogen-bond acceptors (Lipinski definition) is 8. The second-order valence-corrected chi connectivity index (χ2v) is 6.38. The van der Waals surface area contributed by atoms with Crippen LogP contribution in [0.2, 0.25) is 0 Å². The van der Waals surface area contributed by atoms with Gasteiger partial charge in [-0.25, -0.2) is 4.98 Å². The molecule has 1 aliphatic rings. The first-order valence-corrected chi connectivity index (χ1v) is 9.10. The van der Waals surface area contributed by atoms with E-state index in [1.807, 2.05) is 0 Å². The summed E-state index contributed by atoms with van der Waals surface area (Å²) < 4.78 is 5.43. The molecule has 4 N–H and O–H groups in total. The lowest BCUT2D eigenvalue weighted by Crippen LogP contribution is -2.36. The van der Waals surface area contributed by atoms with Crippen LogP contribution in [0.5, 0.6) is 0 Å². The Bertz CT molecular complexity index is 921. The molecule has 0 spiro atoms. The van der Waals surface area contributed by atoms with Gasteiger partial charge < -0.3 is 25.7 Å². The first-order chi connectivity index (χ1) is 13.8. The quantitative estimate of drug-likeness (QED) is 0.467. The van der Waals surface area contributed by atoms with E-state index in [0.29, 0.717) is 23.9 Å². The molecule has 3 aromatic rings. The number of morpholine rings is 1. The molecule has 0 radical (unpaired) electrons. The van der Waals surface area contributed by atoms with Gasteiger partial charge in [0.15, 0.2) is 0 Å². The number of anilines is 4. The van der Waals surface area contributed by atoms with E-state index < -0.39 is 0 Å². The topological polar surface area (TPSA) is 115 Å². The maximum Gasteiger partial charge on any atom is 0.229 e. The Morgan fingerprint density at radius 2 is 2.14 bits per heavy atom. The second kappa shape index (κ2) is 8.49. The highest BCUT2D eigenvalue weighted by atomic mass is 16.5. The molecule has 0 aliphatic carbocycles. The van der Waals surface area contributed by atoms with Crippen molar-refractivity contribution in [3.8, 4) is 0 Å². The number of nitrogens with zero attached hydrogens (tertiary/aromatic N) is 4. The van der Waals surface area contributed by atoms with E-state index in [1.54, 1.807) is 18.6 Å². The first-order valence-electron chi connectivity index (χ1n) is 9.10. The molecule has 9 heteroatoms. The Hall–Kier alpha value is -3.46. The van der Waals surface area contributed by atoms with Gasteiger partial charge in [0.1, 0.15) is 5.82 Å². The number of H-pyrrole nitrogens is 1. The summed E-state index contributed by atoms with van der Waals surface area (Å²) in [5.41, 5.74) is 3.73. The van der Waals surface area contributed by atoms with Crippen molar-refractivity contribution in [1.82, 2.24) is 20.2 Å². The Labute approximate surface area is 162 Å². The van der Waals surface area contributed by atoms with Gasteiger partial charge in [0.2, 0.25) is 5.95 Å². The Morgan fingerprint density at radius 3 is 2.93 bits per heavy atom. The van der Waals surface area contributed by atoms with Crippen molar-refractivity contribution < 1.29 is 4.74 Å². The molecule has 2 aromatic heterocycles. The van der Waals surface area contributed by atoms with Crippen LogP contribution >= 0.6 is 0 Å². The van der Waals surface area contributed by atoms with E-state index in [4.69, 9.17) is 10.1 Å². The van der Waals surface area contributed by atoms with Gasteiger partial charge in [-0.15, -0.1) is 0 Å². The third-order valence-corrected chi connectivity index (χ3v) is 4.47. The van der Waals surface area contributed by atoms with Gasteiger partial charge >= 0.3 is 0 Å². The molecule has 1 fully saturated rings. The minimum atomic E-state index is 0.441. The minimum absolute atomic E-state index is 0.441. The normalized spacial score (nSPS) is 13.9. The van der Waals surface area contributed by atoms with Crippen LogP contribution in [-0.4, -0.2) is 52.7 Å². The summed E-state index contributed by atoms with van der Waals surface area (Å²) in [5, 5.41) is 20.6. The SMILES string of the molecule is N=Cc1cnc(Nc2cn[nH]c2)nc1NCc1cccc(N2CCOCC2)c1. The molecule has 0 saturated carbocycles. The van der Waals surface area contributed by atoms with E-state index in [0.717, 1.165) is 37.6 Å². The Balaban J connectivity index is 1.47. The predicted octanol–water partition coefficient (Wildman–Crippen LogP) is 2.39. The average Bonchev–Trinajstić information content (AvgIpc) is 3.26. The molecule has 3 heterocycles. The van der Waals surface area contributed by atoms with Crippen molar-refractivity contribution in [2.45, 2.75) is 6.54 Å². The summed E-state index contributed by atoms with van der Waals surface area (Å²) in [5.74, 6) is 1.05. The van der Waals surface area contributed by atoms with Gasteiger partial charge in [0, 0.05) is 43.9 Å². The van der Waals surface area contributed by atoms with Gasteiger partial charge in [-0.2, -0.15) is 10.1 Å². The number of aromatic nitrogens is 4. The maximum absolute atomic E-state index is 7.60. The smallest absolute Gasteiger partial charge is 0.229 e. The van der Waals surface area contributed by atoms with Crippen LogP contribution in [0.3, 0.4) is 0 Å². The Morgan fingerprint density at radius 1 is 1.25 bits per heavy atom. The minimum Gasteiger partial charge on any atom is -0.378 e. The lowest BCUT2D eigenvalue weighted by Gasteiger charge is -2.29. The number of nitrogens with one attached hydrogen (secondary N) is 4. The van der Waals surface area contributed by atoms with Crippen molar-refractivity contribution in [3.05, 3.63) is 54.0 Å². The van der Waals surface area contributed by atoms with Crippen LogP contribution in [0.15, 0.2) is 42.9 Å². The van der Waals surface area contributed by atoms with Gasteiger partial charge in [-0.3, -0.25) is 5.10 Å². The first kappa shape index (κ1) is 17.9. The predicted molar refractivity (Wildman–Crippen MR) is 109 cm³/mol. The fraction of sp³-hybridized carbons (Fsp3) is 0.263. The molecular weight excluding hydrogens is 356 g/mol. The van der Waals surface area contributed by atoms with Crippen molar-refractivity contribution in [2.24, 2.45) is 0 Å². The molecule has 0 bridgehead atoms. The van der Waals surface area contributed by atoms with Crippen molar-refractivity contribution in [2.75, 3.05) is 41.8 Å². The van der Waals surface area contributed by atoms with Crippen LogP contribution in [0.25, 0.3) is 0 Å². The van der Waals surface area contributed by atoms with Crippen LogP contribution in [0.1, 0.15) is 11.1 Å². The molecule has 1 aliphatic heterocycles. The van der Waals surface area contributed by atoms with E-state index in [2.05, 4.69) is 60.0 Å². The Kier molecular flexibility index (Phi) is 5.43. The van der Waals surface area contributed by atoms with Crippen LogP contribution < -0.4 is 15.5 Å². The van der Waals surface area contributed by atoms with Gasteiger partial charge in [-0.1, -0.05) is 12.1 Å². The number of hydrogen-bond donors (Lipinski definition) is 4. The highest BCUT2D eigenvalue weighted by Crippen LogP contribution is 2.20. The zero-order valence-electron chi connectivity index (χ0n) is 15.4. The molecule has 9 nitrogen and oxygen atoms in total. The van der Waals surface area contributed by atoms with E-state index in [-0.39, 0.29) is 0 Å². The molecule has 28 heavy (non-hydrogen) atoms. The summed E-state index contributed by atoms with van der Waals surface area (Å²) in [4.78, 5) is 11.1. The van der Waals surface area contributed by atoms with Gasteiger partial charge in [0.05, 0.1) is 30.7 Å². The lowest BCUT2D eigenvalue weighted by atomic mass is 10.1. The number of benzene rings is 1. The van der Waals surface area contributed by atoms with Crippen LogP contribution in [-0.2, 0) is 11.3 Å². The van der Waals surface area contributed by atoms with Gasteiger partial charge in [-0.05, 0) is 17.7 Å². The molecule has 144 valence electrons. The summed E-state index contributed by atoms with van der Waals surface area (Å²) in [6, 6.07) is 8.43. The molecule has 0 unspecified atom stereocenters. The highest BCUT2D eigenvalue weighted by molar-refractivity contribution is 5.84. The molecule has 0 amide bonds. The lowest BCUT2D eigenvalue weighted by molar-refractivity contribution is 0.122. The molecule has 1 saturated heterocycles. The summed E-state index contributed by atoms with van der Waals surface area (Å²) in [7, 11) is 0. The standard InChI is InChI=1S/C19H22N8O/c20-9-15-11-22-19(25-16-12-23-24-13-16)26-18(15)21-10-14-2-1-3-17(8-14)27-4-6-28-7-5-27/h1-3,8-9,11-13,20H,4-7,10H2,(H,23,24)(H2,21,22,25,26). The monoisotopic (exact) mass is 378 g/mol. The maximum atomic E-state index is 7.60. The van der Waals surface area contributed by atoms with Gasteiger partial charge in [0.25, 0.3) is 0 Å². The third-order valence-electron chi connectivity index (χ3n) is 4.47. The van der Waals surface area contributed by atoms with E-state index >= 15 is 0 Å². The number of rotatable bonds is 7. The zero-order valence-corrected chi connectivity index (χ0v) is 15.4. The second-order valence-electron chi connectivity index (χ2n) is 6.38.